The zero-order valence-electron chi connectivity index (χ0n) is 12.5. The van der Waals surface area contributed by atoms with Crippen molar-refractivity contribution < 1.29 is 9.59 Å². The summed E-state index contributed by atoms with van der Waals surface area (Å²) in [6.45, 7) is 4.56. The topological polar surface area (TPSA) is 49.4 Å². The van der Waals surface area contributed by atoms with E-state index in [1.54, 1.807) is 11.8 Å². The first kappa shape index (κ1) is 15.9. The normalized spacial score (nSPS) is 22.3. The van der Waals surface area contributed by atoms with Crippen LogP contribution in [0, 0.1) is 0 Å². The third-order valence-electron chi connectivity index (χ3n) is 3.69. The molecule has 1 N–H and O–H groups in total. The van der Waals surface area contributed by atoms with E-state index in [0.717, 1.165) is 23.5 Å². The molecule has 2 atom stereocenters. The fourth-order valence-corrected chi connectivity index (χ4v) is 3.10. The predicted octanol–water partition coefficient (Wildman–Crippen LogP) is 2.22. The lowest BCUT2D eigenvalue weighted by Gasteiger charge is -2.37. The smallest absolute Gasteiger partial charge is 0.250 e. The van der Waals surface area contributed by atoms with Crippen LogP contribution in [0.15, 0.2) is 30.3 Å². The number of amides is 2. The largest absolute Gasteiger partial charge is 0.339 e. The molecule has 0 aliphatic carbocycles. The fraction of sp³-hybridized carbons (Fsp3) is 0.500. The van der Waals surface area contributed by atoms with Crippen molar-refractivity contribution in [2.75, 3.05) is 18.1 Å². The summed E-state index contributed by atoms with van der Waals surface area (Å²) in [5, 5.41) is 2.83. The average molecular weight is 306 g/mol. The Balaban J connectivity index is 2.08. The summed E-state index contributed by atoms with van der Waals surface area (Å²) in [6.07, 6.45) is 0.920. The van der Waals surface area contributed by atoms with Gasteiger partial charge in [-0.15, -0.1) is 0 Å². The van der Waals surface area contributed by atoms with Crippen molar-refractivity contribution >= 4 is 23.6 Å². The quantitative estimate of drug-likeness (QED) is 0.820. The Kier molecular flexibility index (Phi) is 5.67. The number of carbonyl (C=O) groups excluding carboxylic acids is 2. The Bertz CT molecular complexity index is 492. The molecule has 0 bridgehead atoms. The van der Waals surface area contributed by atoms with Gasteiger partial charge in [-0.2, -0.15) is 11.8 Å². The molecule has 2 unspecified atom stereocenters. The van der Waals surface area contributed by atoms with E-state index in [9.17, 15) is 9.59 Å². The van der Waals surface area contributed by atoms with Gasteiger partial charge in [-0.3, -0.25) is 9.59 Å². The van der Waals surface area contributed by atoms with Crippen LogP contribution in [0.1, 0.15) is 31.9 Å². The average Bonchev–Trinajstić information content (AvgIpc) is 2.51. The highest BCUT2D eigenvalue weighted by Gasteiger charge is 2.38. The molecule has 0 spiro atoms. The van der Waals surface area contributed by atoms with Gasteiger partial charge in [-0.05, 0) is 30.4 Å². The van der Waals surface area contributed by atoms with Crippen LogP contribution in [0.2, 0.25) is 0 Å². The molecule has 0 radical (unpaired) electrons. The molecule has 1 fully saturated rings. The van der Waals surface area contributed by atoms with Gasteiger partial charge in [0.15, 0.2) is 0 Å². The Hall–Kier alpha value is -1.49. The second-order valence-corrected chi connectivity index (χ2v) is 6.50. The predicted molar refractivity (Wildman–Crippen MR) is 86.1 cm³/mol. The molecule has 0 saturated carbocycles. The van der Waals surface area contributed by atoms with Gasteiger partial charge in [0, 0.05) is 6.54 Å². The molecule has 21 heavy (non-hydrogen) atoms. The number of hydrogen-bond donors (Lipinski definition) is 1. The summed E-state index contributed by atoms with van der Waals surface area (Å²) in [4.78, 5) is 26.5. The number of piperazine rings is 1. The summed E-state index contributed by atoms with van der Waals surface area (Å²) >= 11 is 1.86. The molecule has 1 aromatic carbocycles. The van der Waals surface area contributed by atoms with E-state index in [-0.39, 0.29) is 17.9 Å². The third-order valence-corrected chi connectivity index (χ3v) is 4.67. The lowest BCUT2D eigenvalue weighted by molar-refractivity contribution is -0.148. The lowest BCUT2D eigenvalue weighted by Crippen LogP contribution is -2.58. The van der Waals surface area contributed by atoms with Gasteiger partial charge in [0.2, 0.25) is 11.8 Å². The van der Waals surface area contributed by atoms with E-state index in [4.69, 9.17) is 0 Å². The van der Waals surface area contributed by atoms with Gasteiger partial charge >= 0.3 is 0 Å². The van der Waals surface area contributed by atoms with Crippen LogP contribution in [0.25, 0.3) is 0 Å². The van der Waals surface area contributed by atoms with Gasteiger partial charge in [-0.25, -0.2) is 0 Å². The van der Waals surface area contributed by atoms with Crippen molar-refractivity contribution in [1.29, 1.82) is 0 Å². The summed E-state index contributed by atoms with van der Waals surface area (Å²) in [5.41, 5.74) is 0.843. The van der Waals surface area contributed by atoms with E-state index < -0.39 is 6.04 Å². The van der Waals surface area contributed by atoms with Crippen LogP contribution in [-0.4, -0.2) is 40.8 Å². The van der Waals surface area contributed by atoms with Gasteiger partial charge < -0.3 is 10.2 Å². The molecule has 4 nitrogen and oxygen atoms in total. The summed E-state index contributed by atoms with van der Waals surface area (Å²) in [6, 6.07) is 8.50. The minimum Gasteiger partial charge on any atom is -0.339 e. The fourth-order valence-electron chi connectivity index (χ4n) is 2.48. The van der Waals surface area contributed by atoms with E-state index >= 15 is 0 Å². The molecule has 114 valence electrons. The Labute approximate surface area is 130 Å². The van der Waals surface area contributed by atoms with Crippen LogP contribution >= 0.6 is 11.8 Å². The zero-order valence-corrected chi connectivity index (χ0v) is 13.4. The molecule has 5 heteroatoms. The molecule has 1 heterocycles. The minimum atomic E-state index is -0.547. The first-order valence-corrected chi connectivity index (χ1v) is 8.54. The second kappa shape index (κ2) is 7.50. The number of nitrogens with zero attached hydrogens (tertiary/aromatic N) is 1. The first-order valence-electron chi connectivity index (χ1n) is 7.38. The van der Waals surface area contributed by atoms with Crippen LogP contribution in [-0.2, 0) is 9.59 Å². The molecule has 2 amide bonds. The summed E-state index contributed by atoms with van der Waals surface area (Å²) in [7, 11) is 0. The van der Waals surface area contributed by atoms with Gasteiger partial charge in [0.1, 0.15) is 12.1 Å². The van der Waals surface area contributed by atoms with Crippen LogP contribution in [0.3, 0.4) is 0 Å². The highest BCUT2D eigenvalue weighted by atomic mass is 32.2. The summed E-state index contributed by atoms with van der Waals surface area (Å²) < 4.78 is 0. The number of benzene rings is 1. The van der Waals surface area contributed by atoms with Crippen LogP contribution in [0.5, 0.6) is 0 Å². The van der Waals surface area contributed by atoms with Gasteiger partial charge in [0.05, 0.1) is 0 Å². The van der Waals surface area contributed by atoms with Crippen LogP contribution in [0.4, 0.5) is 0 Å². The number of rotatable bonds is 6. The van der Waals surface area contributed by atoms with Crippen LogP contribution < -0.4 is 5.32 Å². The maximum atomic E-state index is 12.7. The number of carbonyl (C=O) groups is 2. The van der Waals surface area contributed by atoms with E-state index in [1.807, 2.05) is 42.1 Å². The maximum absolute atomic E-state index is 12.7. The first-order chi connectivity index (χ1) is 10.1. The Morgan fingerprint density at radius 2 is 1.95 bits per heavy atom. The maximum Gasteiger partial charge on any atom is 0.250 e. The molecule has 1 aliphatic rings. The van der Waals surface area contributed by atoms with Gasteiger partial charge in [-0.1, -0.05) is 37.3 Å². The molecule has 1 saturated heterocycles. The molecule has 1 aromatic rings. The summed E-state index contributed by atoms with van der Waals surface area (Å²) in [5.74, 6) is 2.02. The molecule has 2 rings (SSSR count). The van der Waals surface area contributed by atoms with Crippen molar-refractivity contribution in [2.24, 2.45) is 0 Å². The van der Waals surface area contributed by atoms with Crippen molar-refractivity contribution in [3.8, 4) is 0 Å². The highest BCUT2D eigenvalue weighted by molar-refractivity contribution is 7.99. The number of thioether (sulfide) groups is 1. The van der Waals surface area contributed by atoms with E-state index in [1.165, 1.54) is 0 Å². The van der Waals surface area contributed by atoms with Crippen molar-refractivity contribution in [1.82, 2.24) is 10.2 Å². The standard InChI is InChI=1S/C16H22N2O2S/c1-3-21-11-7-10-18-12(2)15(19)17-14(16(18)20)13-8-5-4-6-9-13/h4-6,8-9,12,14H,3,7,10-11H2,1-2H3,(H,17,19). The second-order valence-electron chi connectivity index (χ2n) is 5.11. The Morgan fingerprint density at radius 3 is 2.62 bits per heavy atom. The molecular weight excluding hydrogens is 284 g/mol. The van der Waals surface area contributed by atoms with Gasteiger partial charge in [0.25, 0.3) is 0 Å². The number of hydrogen-bond acceptors (Lipinski definition) is 3. The highest BCUT2D eigenvalue weighted by Crippen LogP contribution is 2.22. The third kappa shape index (κ3) is 3.79. The lowest BCUT2D eigenvalue weighted by atomic mass is 10.0. The van der Waals surface area contributed by atoms with Crippen molar-refractivity contribution in [2.45, 2.75) is 32.4 Å². The SMILES string of the molecule is CCSCCCN1C(=O)C(c2ccccc2)NC(=O)C1C. The molecular formula is C16H22N2O2S. The Morgan fingerprint density at radius 1 is 1.24 bits per heavy atom. The van der Waals surface area contributed by atoms with E-state index in [2.05, 4.69) is 12.2 Å². The minimum absolute atomic E-state index is 0.00482. The van der Waals surface area contributed by atoms with Crippen molar-refractivity contribution in [3.63, 3.8) is 0 Å². The zero-order chi connectivity index (χ0) is 15.2. The molecule has 0 aromatic heterocycles. The van der Waals surface area contributed by atoms with E-state index in [0.29, 0.717) is 6.54 Å². The molecule has 1 aliphatic heterocycles. The van der Waals surface area contributed by atoms with Crippen molar-refractivity contribution in [3.05, 3.63) is 35.9 Å². The monoisotopic (exact) mass is 306 g/mol. The number of nitrogens with one attached hydrogen (secondary N) is 1.